The minimum Gasteiger partial charge on any atom is -0.309 e. The van der Waals surface area contributed by atoms with E-state index in [1.807, 2.05) is 23.5 Å². The summed E-state index contributed by atoms with van der Waals surface area (Å²) in [4.78, 5) is 10.8. The standard InChI is InChI=1S/C48H28N4S/c1-2-12-32(13-3-1)51-41-19-9-4-14-33(41)37-24-31-27-44-38(25-30(31)26-43(37)51)34-15-5-10-20-42(34)52(44)48-47(49-39-17-7-8-18-40(39)50-48)29-22-23-36-35-16-6-11-21-45(35)53-46(36)28-29/h1-28H. The van der Waals surface area contributed by atoms with E-state index >= 15 is 0 Å². The van der Waals surface area contributed by atoms with Gasteiger partial charge in [-0.25, -0.2) is 9.97 Å². The highest BCUT2D eigenvalue weighted by Gasteiger charge is 2.21. The van der Waals surface area contributed by atoms with Crippen LogP contribution in [0.15, 0.2) is 170 Å². The molecule has 246 valence electrons. The van der Waals surface area contributed by atoms with Crippen molar-refractivity contribution in [3.8, 4) is 22.8 Å². The molecule has 0 N–H and O–H groups in total. The van der Waals surface area contributed by atoms with Crippen LogP contribution in [-0.4, -0.2) is 19.1 Å². The van der Waals surface area contributed by atoms with Gasteiger partial charge in [-0.3, -0.25) is 4.57 Å². The molecular weight excluding hydrogens is 665 g/mol. The van der Waals surface area contributed by atoms with Crippen LogP contribution in [-0.2, 0) is 0 Å². The Morgan fingerprint density at radius 3 is 1.68 bits per heavy atom. The highest BCUT2D eigenvalue weighted by Crippen LogP contribution is 2.42. The van der Waals surface area contributed by atoms with Crippen LogP contribution in [0.25, 0.3) is 108 Å². The van der Waals surface area contributed by atoms with Crippen LogP contribution >= 0.6 is 11.3 Å². The molecule has 0 atom stereocenters. The summed E-state index contributed by atoms with van der Waals surface area (Å²) in [5.41, 5.74) is 9.46. The van der Waals surface area contributed by atoms with Crippen LogP contribution in [0, 0.1) is 0 Å². The summed E-state index contributed by atoms with van der Waals surface area (Å²) in [5, 5.41) is 9.81. The highest BCUT2D eigenvalue weighted by atomic mass is 32.1. The second kappa shape index (κ2) is 10.8. The van der Waals surface area contributed by atoms with Crippen LogP contribution in [0.4, 0.5) is 0 Å². The van der Waals surface area contributed by atoms with Gasteiger partial charge in [0, 0.05) is 53.0 Å². The predicted octanol–water partition coefficient (Wildman–Crippen LogP) is 13.0. The van der Waals surface area contributed by atoms with Gasteiger partial charge in [0.2, 0.25) is 0 Å². The molecule has 0 radical (unpaired) electrons. The summed E-state index contributed by atoms with van der Waals surface area (Å²) in [6.07, 6.45) is 0. The van der Waals surface area contributed by atoms with Gasteiger partial charge < -0.3 is 4.57 Å². The molecule has 4 nitrogen and oxygen atoms in total. The second-order valence-corrected chi connectivity index (χ2v) is 14.9. The molecule has 0 aliphatic rings. The van der Waals surface area contributed by atoms with E-state index in [9.17, 15) is 0 Å². The van der Waals surface area contributed by atoms with E-state index in [2.05, 4.69) is 167 Å². The van der Waals surface area contributed by atoms with Crippen molar-refractivity contribution in [2.75, 3.05) is 0 Å². The zero-order valence-corrected chi connectivity index (χ0v) is 29.2. The minimum absolute atomic E-state index is 0.830. The highest BCUT2D eigenvalue weighted by molar-refractivity contribution is 7.25. The zero-order valence-electron chi connectivity index (χ0n) is 28.4. The summed E-state index contributed by atoms with van der Waals surface area (Å²) in [6.45, 7) is 0. The Labute approximate surface area is 307 Å². The van der Waals surface area contributed by atoms with Gasteiger partial charge in [-0.1, -0.05) is 97.1 Å². The Morgan fingerprint density at radius 2 is 0.943 bits per heavy atom. The van der Waals surface area contributed by atoms with Crippen molar-refractivity contribution in [3.63, 3.8) is 0 Å². The van der Waals surface area contributed by atoms with Crippen molar-refractivity contribution < 1.29 is 0 Å². The summed E-state index contributed by atoms with van der Waals surface area (Å²) < 4.78 is 7.27. The third-order valence-electron chi connectivity index (χ3n) is 10.9. The van der Waals surface area contributed by atoms with Crippen LogP contribution in [0.5, 0.6) is 0 Å². The van der Waals surface area contributed by atoms with E-state index in [4.69, 9.17) is 9.97 Å². The molecule has 0 aliphatic heterocycles. The molecule has 5 heteroatoms. The van der Waals surface area contributed by atoms with Crippen LogP contribution < -0.4 is 0 Å². The molecule has 53 heavy (non-hydrogen) atoms. The quantitative estimate of drug-likeness (QED) is 0.185. The Bertz CT molecular complexity index is 3460. The first-order valence-corrected chi connectivity index (χ1v) is 18.7. The fraction of sp³-hybridized carbons (Fsp3) is 0. The van der Waals surface area contributed by atoms with Crippen LogP contribution in [0.2, 0.25) is 0 Å². The van der Waals surface area contributed by atoms with Crippen LogP contribution in [0.3, 0.4) is 0 Å². The SMILES string of the molecule is c1ccc(-n2c3ccccc3c3cc4cc5c(cc4cc32)c2ccccc2n5-c2nc3ccccc3nc2-c2ccc3c(c2)sc2ccccc23)cc1. The number of aromatic nitrogens is 4. The molecule has 0 amide bonds. The van der Waals surface area contributed by atoms with Gasteiger partial charge in [-0.05, 0) is 83.6 Å². The van der Waals surface area contributed by atoms with Gasteiger partial charge in [-0.15, -0.1) is 11.3 Å². The molecule has 0 saturated carbocycles. The topological polar surface area (TPSA) is 35.6 Å². The smallest absolute Gasteiger partial charge is 0.165 e. The fourth-order valence-corrected chi connectivity index (χ4v) is 9.62. The number of hydrogen-bond donors (Lipinski definition) is 0. The first kappa shape index (κ1) is 28.8. The van der Waals surface area contributed by atoms with Crippen molar-refractivity contribution in [2.45, 2.75) is 0 Å². The summed E-state index contributed by atoms with van der Waals surface area (Å²) in [6, 6.07) is 61.2. The third kappa shape index (κ3) is 4.17. The Balaban J connectivity index is 1.17. The molecule has 12 rings (SSSR count). The lowest BCUT2D eigenvalue weighted by atomic mass is 10.0. The maximum atomic E-state index is 5.43. The maximum Gasteiger partial charge on any atom is 0.165 e. The van der Waals surface area contributed by atoms with Crippen molar-refractivity contribution in [2.24, 2.45) is 0 Å². The normalized spacial score (nSPS) is 12.2. The predicted molar refractivity (Wildman–Crippen MR) is 224 cm³/mol. The van der Waals surface area contributed by atoms with E-state index in [-0.39, 0.29) is 0 Å². The lowest BCUT2D eigenvalue weighted by Crippen LogP contribution is -2.03. The van der Waals surface area contributed by atoms with Crippen molar-refractivity contribution in [1.29, 1.82) is 0 Å². The molecule has 0 spiro atoms. The van der Waals surface area contributed by atoms with Gasteiger partial charge in [0.1, 0.15) is 5.69 Å². The first-order valence-electron chi connectivity index (χ1n) is 17.9. The maximum absolute atomic E-state index is 5.43. The average Bonchev–Trinajstić information content (AvgIpc) is 3.85. The number of para-hydroxylation sites is 5. The van der Waals surface area contributed by atoms with Crippen LogP contribution in [0.1, 0.15) is 0 Å². The molecule has 0 bridgehead atoms. The van der Waals surface area contributed by atoms with Gasteiger partial charge >= 0.3 is 0 Å². The van der Waals surface area contributed by atoms with Gasteiger partial charge in [0.15, 0.2) is 5.82 Å². The summed E-state index contributed by atoms with van der Waals surface area (Å²) in [7, 11) is 0. The lowest BCUT2D eigenvalue weighted by molar-refractivity contribution is 1.08. The molecule has 4 aromatic heterocycles. The summed E-state index contributed by atoms with van der Waals surface area (Å²) in [5.74, 6) is 0.830. The number of fused-ring (bicyclic) bond motifs is 11. The second-order valence-electron chi connectivity index (χ2n) is 13.8. The molecule has 12 aromatic rings. The number of benzene rings is 8. The Morgan fingerprint density at radius 1 is 0.377 bits per heavy atom. The number of thiophene rings is 1. The molecular formula is C48H28N4S. The molecule has 0 fully saturated rings. The minimum atomic E-state index is 0.830. The number of nitrogens with zero attached hydrogens (tertiary/aromatic N) is 4. The fourth-order valence-electron chi connectivity index (χ4n) is 8.48. The van der Waals surface area contributed by atoms with E-state index in [1.165, 1.54) is 63.5 Å². The van der Waals surface area contributed by atoms with Gasteiger partial charge in [0.05, 0.1) is 33.1 Å². The molecule has 4 heterocycles. The van der Waals surface area contributed by atoms with E-state index in [1.54, 1.807) is 0 Å². The number of hydrogen-bond acceptors (Lipinski definition) is 3. The third-order valence-corrected chi connectivity index (χ3v) is 12.0. The summed E-state index contributed by atoms with van der Waals surface area (Å²) >= 11 is 1.83. The van der Waals surface area contributed by atoms with Crippen molar-refractivity contribution >= 4 is 96.9 Å². The van der Waals surface area contributed by atoms with Gasteiger partial charge in [0.25, 0.3) is 0 Å². The first-order chi connectivity index (χ1) is 26.3. The average molecular weight is 693 g/mol. The van der Waals surface area contributed by atoms with Gasteiger partial charge in [-0.2, -0.15) is 0 Å². The molecule has 0 saturated heterocycles. The molecule has 8 aromatic carbocycles. The Kier molecular flexibility index (Phi) is 5.90. The van der Waals surface area contributed by atoms with Crippen molar-refractivity contribution in [3.05, 3.63) is 170 Å². The lowest BCUT2D eigenvalue weighted by Gasteiger charge is -2.14. The number of rotatable bonds is 3. The van der Waals surface area contributed by atoms with Crippen molar-refractivity contribution in [1.82, 2.24) is 19.1 Å². The molecule has 0 unspecified atom stereocenters. The molecule has 0 aliphatic carbocycles. The Hall–Kier alpha value is -6.82. The van der Waals surface area contributed by atoms with E-state index in [0.29, 0.717) is 0 Å². The largest absolute Gasteiger partial charge is 0.309 e. The van der Waals surface area contributed by atoms with E-state index in [0.717, 1.165) is 44.8 Å². The van der Waals surface area contributed by atoms with E-state index < -0.39 is 0 Å². The monoisotopic (exact) mass is 692 g/mol. The zero-order chi connectivity index (χ0) is 34.6.